The molecule has 1 aliphatic heterocycles. The van der Waals surface area contributed by atoms with Crippen LogP contribution in [0.2, 0.25) is 0 Å². The molecule has 2 rings (SSSR count). The van der Waals surface area contributed by atoms with Crippen molar-refractivity contribution in [3.05, 3.63) is 29.1 Å². The molecule has 0 saturated carbocycles. The molecule has 0 bridgehead atoms. The molecule has 0 unspecified atom stereocenters. The second kappa shape index (κ2) is 4.09. The van der Waals surface area contributed by atoms with Gasteiger partial charge >= 0.3 is 0 Å². The van der Waals surface area contributed by atoms with Crippen LogP contribution in [0.25, 0.3) is 0 Å². The van der Waals surface area contributed by atoms with Crippen molar-refractivity contribution in [1.29, 1.82) is 0 Å². The summed E-state index contributed by atoms with van der Waals surface area (Å²) >= 11 is 0. The number of hydrogen-bond donors (Lipinski definition) is 3. The summed E-state index contributed by atoms with van der Waals surface area (Å²) in [6, 6.07) is 3.06. The van der Waals surface area contributed by atoms with E-state index in [0.717, 1.165) is 13.1 Å². The number of nitrogens with one attached hydrogen (secondary N) is 2. The zero-order chi connectivity index (χ0) is 11.7. The highest BCUT2D eigenvalue weighted by molar-refractivity contribution is 5.94. The van der Waals surface area contributed by atoms with Gasteiger partial charge in [-0.25, -0.2) is 4.39 Å². The van der Waals surface area contributed by atoms with Gasteiger partial charge < -0.3 is 16.4 Å². The molecule has 1 amide bonds. The summed E-state index contributed by atoms with van der Waals surface area (Å²) in [7, 11) is 0. The molecule has 5 heteroatoms. The molecule has 86 valence electrons. The highest BCUT2D eigenvalue weighted by Gasteiger charge is 2.18. The number of carbonyl (C=O) groups excluding carboxylic acids is 1. The number of nitrogens with two attached hydrogens (primary N) is 1. The van der Waals surface area contributed by atoms with E-state index in [0.29, 0.717) is 17.3 Å². The summed E-state index contributed by atoms with van der Waals surface area (Å²) in [5, 5.41) is 6.28. The van der Waals surface area contributed by atoms with Gasteiger partial charge in [0.15, 0.2) is 0 Å². The highest BCUT2D eigenvalue weighted by atomic mass is 19.1. The minimum Gasteiger partial charge on any atom is -0.379 e. The van der Waals surface area contributed by atoms with E-state index in [1.807, 2.05) is 0 Å². The third-order valence-electron chi connectivity index (χ3n) is 2.77. The summed E-state index contributed by atoms with van der Waals surface area (Å²) in [5.74, 6) is -1.03. The summed E-state index contributed by atoms with van der Waals surface area (Å²) < 4.78 is 13.5. The third kappa shape index (κ3) is 1.99. The lowest BCUT2D eigenvalue weighted by Gasteiger charge is -2.29. The maximum atomic E-state index is 13.5. The molecule has 1 heterocycles. The quantitative estimate of drug-likeness (QED) is 0.703. The monoisotopic (exact) mass is 223 g/mol. The van der Waals surface area contributed by atoms with E-state index in [1.54, 1.807) is 13.0 Å². The molecule has 4 N–H and O–H groups in total. The topological polar surface area (TPSA) is 67.2 Å². The number of rotatable bonds is 3. The fraction of sp³-hybridized carbons (Fsp3) is 0.364. The zero-order valence-corrected chi connectivity index (χ0v) is 9.01. The van der Waals surface area contributed by atoms with Crippen LogP contribution in [-0.4, -0.2) is 25.0 Å². The molecule has 0 aliphatic carbocycles. The van der Waals surface area contributed by atoms with Crippen LogP contribution in [0, 0.1) is 12.7 Å². The Kier molecular flexibility index (Phi) is 2.78. The van der Waals surface area contributed by atoms with Crippen molar-refractivity contribution in [2.75, 3.05) is 18.4 Å². The second-order valence-electron chi connectivity index (χ2n) is 3.99. The Morgan fingerprint density at radius 3 is 2.75 bits per heavy atom. The van der Waals surface area contributed by atoms with Gasteiger partial charge in [0.05, 0.1) is 6.04 Å². The highest BCUT2D eigenvalue weighted by Crippen LogP contribution is 2.21. The molecule has 1 aliphatic rings. The average Bonchev–Trinajstić information content (AvgIpc) is 2.17. The van der Waals surface area contributed by atoms with Crippen LogP contribution < -0.4 is 16.4 Å². The maximum absolute atomic E-state index is 13.5. The predicted octanol–water partition coefficient (Wildman–Crippen LogP) is 0.617. The van der Waals surface area contributed by atoms with Crippen LogP contribution >= 0.6 is 0 Å². The maximum Gasteiger partial charge on any atom is 0.248 e. The average molecular weight is 223 g/mol. The van der Waals surface area contributed by atoms with Crippen molar-refractivity contribution < 1.29 is 9.18 Å². The lowest BCUT2D eigenvalue weighted by molar-refractivity contribution is 0.1000. The number of benzene rings is 1. The molecule has 0 spiro atoms. The second-order valence-corrected chi connectivity index (χ2v) is 3.99. The first kappa shape index (κ1) is 10.9. The molecule has 0 atom stereocenters. The first-order chi connectivity index (χ1) is 7.58. The zero-order valence-electron chi connectivity index (χ0n) is 9.01. The molecule has 4 nitrogen and oxygen atoms in total. The van der Waals surface area contributed by atoms with Crippen LogP contribution in [0.5, 0.6) is 0 Å². The first-order valence-electron chi connectivity index (χ1n) is 5.15. The van der Waals surface area contributed by atoms with Crippen molar-refractivity contribution in [2.45, 2.75) is 13.0 Å². The number of anilines is 1. The summed E-state index contributed by atoms with van der Waals surface area (Å²) in [6.45, 7) is 3.37. The fourth-order valence-corrected chi connectivity index (χ4v) is 1.58. The standard InChI is InChI=1S/C11H14FN3O/c1-6-9(12)2-7(11(13)16)3-10(6)15-8-4-14-5-8/h2-3,8,14-15H,4-5H2,1H3,(H2,13,16). The minimum atomic E-state index is -0.617. The normalized spacial score (nSPS) is 15.6. The van der Waals surface area contributed by atoms with Gasteiger partial charge in [0.1, 0.15) is 5.82 Å². The van der Waals surface area contributed by atoms with Crippen molar-refractivity contribution in [1.82, 2.24) is 5.32 Å². The lowest BCUT2D eigenvalue weighted by atomic mass is 10.1. The van der Waals surface area contributed by atoms with Gasteiger partial charge in [-0.3, -0.25) is 4.79 Å². The Labute approximate surface area is 93.0 Å². The number of hydrogen-bond acceptors (Lipinski definition) is 3. The Balaban J connectivity index is 2.30. The predicted molar refractivity (Wildman–Crippen MR) is 59.9 cm³/mol. The van der Waals surface area contributed by atoms with Crippen molar-refractivity contribution >= 4 is 11.6 Å². The Bertz CT molecular complexity index is 429. The Morgan fingerprint density at radius 2 is 2.25 bits per heavy atom. The van der Waals surface area contributed by atoms with E-state index >= 15 is 0 Å². The number of amides is 1. The van der Waals surface area contributed by atoms with Gasteiger partial charge in [-0.2, -0.15) is 0 Å². The van der Waals surface area contributed by atoms with Crippen LogP contribution in [0.1, 0.15) is 15.9 Å². The lowest BCUT2D eigenvalue weighted by Crippen LogP contribution is -2.51. The summed E-state index contributed by atoms with van der Waals surface area (Å²) in [5.41, 5.74) is 6.48. The van der Waals surface area contributed by atoms with Crippen LogP contribution in [0.4, 0.5) is 10.1 Å². The van der Waals surface area contributed by atoms with Crippen LogP contribution in [0.15, 0.2) is 12.1 Å². The van der Waals surface area contributed by atoms with E-state index in [1.165, 1.54) is 6.07 Å². The molecule has 1 fully saturated rings. The van der Waals surface area contributed by atoms with Gasteiger partial charge in [0, 0.05) is 29.9 Å². The van der Waals surface area contributed by atoms with Gasteiger partial charge in [-0.05, 0) is 19.1 Å². The molecule has 0 radical (unpaired) electrons. The van der Waals surface area contributed by atoms with E-state index < -0.39 is 11.7 Å². The first-order valence-corrected chi connectivity index (χ1v) is 5.15. The van der Waals surface area contributed by atoms with Gasteiger partial charge in [-0.15, -0.1) is 0 Å². The Hall–Kier alpha value is -1.62. The number of carbonyl (C=O) groups is 1. The SMILES string of the molecule is Cc1c(F)cc(C(N)=O)cc1NC1CNC1. The van der Waals surface area contributed by atoms with Gasteiger partial charge in [0.2, 0.25) is 5.91 Å². The van der Waals surface area contributed by atoms with E-state index in [9.17, 15) is 9.18 Å². The van der Waals surface area contributed by atoms with Crippen molar-refractivity contribution in [3.63, 3.8) is 0 Å². The molecular formula is C11H14FN3O. The van der Waals surface area contributed by atoms with E-state index in [-0.39, 0.29) is 5.56 Å². The van der Waals surface area contributed by atoms with Crippen molar-refractivity contribution in [3.8, 4) is 0 Å². The molecule has 1 aromatic rings. The van der Waals surface area contributed by atoms with Crippen LogP contribution in [-0.2, 0) is 0 Å². The van der Waals surface area contributed by atoms with Crippen molar-refractivity contribution in [2.24, 2.45) is 5.73 Å². The van der Waals surface area contributed by atoms with Gasteiger partial charge in [0.25, 0.3) is 0 Å². The van der Waals surface area contributed by atoms with E-state index in [2.05, 4.69) is 10.6 Å². The number of primary amides is 1. The minimum absolute atomic E-state index is 0.192. The number of halogens is 1. The molecule has 1 aromatic carbocycles. The molecular weight excluding hydrogens is 209 g/mol. The molecule has 0 aromatic heterocycles. The summed E-state index contributed by atoms with van der Waals surface area (Å²) in [6.07, 6.45) is 0. The molecule has 1 saturated heterocycles. The smallest absolute Gasteiger partial charge is 0.248 e. The third-order valence-corrected chi connectivity index (χ3v) is 2.77. The van der Waals surface area contributed by atoms with Gasteiger partial charge in [-0.1, -0.05) is 0 Å². The van der Waals surface area contributed by atoms with Crippen LogP contribution in [0.3, 0.4) is 0 Å². The molecule has 16 heavy (non-hydrogen) atoms. The largest absolute Gasteiger partial charge is 0.379 e. The Morgan fingerprint density at radius 1 is 1.56 bits per heavy atom. The fourth-order valence-electron chi connectivity index (χ4n) is 1.58. The van der Waals surface area contributed by atoms with E-state index in [4.69, 9.17) is 5.73 Å². The summed E-state index contributed by atoms with van der Waals surface area (Å²) in [4.78, 5) is 11.0.